The first kappa shape index (κ1) is 19.1. The zero-order valence-corrected chi connectivity index (χ0v) is 15.4. The number of nitrogens with zero attached hydrogens (tertiary/aromatic N) is 1. The molecule has 0 fully saturated rings. The molecule has 25 heavy (non-hydrogen) atoms. The summed E-state index contributed by atoms with van der Waals surface area (Å²) < 4.78 is 23.6. The predicted molar refractivity (Wildman–Crippen MR) is 93.4 cm³/mol. The second kappa shape index (κ2) is 7.33. The summed E-state index contributed by atoms with van der Waals surface area (Å²) in [6.07, 6.45) is 1.23. The Labute approximate surface area is 151 Å². The lowest BCUT2D eigenvalue weighted by Crippen LogP contribution is -2.36. The van der Waals surface area contributed by atoms with Gasteiger partial charge in [-0.2, -0.15) is 0 Å². The van der Waals surface area contributed by atoms with Gasteiger partial charge in [-0.15, -0.1) is 0 Å². The van der Waals surface area contributed by atoms with Gasteiger partial charge in [0.15, 0.2) is 0 Å². The molecule has 1 amide bonds. The number of nitrogens with one attached hydrogen (secondary N) is 2. The molecule has 0 bridgehead atoms. The average molecular weight is 431 g/mol. The quantitative estimate of drug-likeness (QED) is 0.602. The van der Waals surface area contributed by atoms with Crippen molar-refractivity contribution in [3.05, 3.63) is 61.3 Å². The van der Waals surface area contributed by atoms with E-state index < -0.39 is 33.2 Å². The maximum Gasteiger partial charge on any atom is 0.328 e. The molecule has 1 heterocycles. The molecule has 0 aliphatic rings. The molecule has 134 valence electrons. The van der Waals surface area contributed by atoms with Crippen molar-refractivity contribution < 1.29 is 13.2 Å². The van der Waals surface area contributed by atoms with Crippen molar-refractivity contribution in [2.24, 2.45) is 5.14 Å². The number of halogens is 1. The Kier molecular flexibility index (Phi) is 5.60. The summed E-state index contributed by atoms with van der Waals surface area (Å²) in [6.45, 7) is 1.42. The smallest absolute Gasteiger partial charge is 0.328 e. The van der Waals surface area contributed by atoms with E-state index >= 15 is 0 Å². The molecule has 1 aromatic heterocycles. The van der Waals surface area contributed by atoms with Crippen LogP contribution in [0.1, 0.15) is 18.5 Å². The predicted octanol–water partition coefficient (Wildman–Crippen LogP) is -0.176. The number of sulfonamides is 1. The molecule has 0 aliphatic heterocycles. The molecule has 2 aromatic rings. The van der Waals surface area contributed by atoms with Crippen molar-refractivity contribution in [2.75, 3.05) is 0 Å². The van der Waals surface area contributed by atoms with Crippen LogP contribution in [0.4, 0.5) is 0 Å². The fourth-order valence-electron chi connectivity index (χ4n) is 2.07. The minimum atomic E-state index is -3.78. The zero-order valence-electron chi connectivity index (χ0n) is 13.0. The Bertz CT molecular complexity index is 1010. The summed E-state index contributed by atoms with van der Waals surface area (Å²) >= 11 is 2.99. The summed E-state index contributed by atoms with van der Waals surface area (Å²) in [7, 11) is -3.78. The number of hydrogen-bond donors (Lipinski definition) is 3. The van der Waals surface area contributed by atoms with Crippen LogP contribution >= 0.6 is 15.9 Å². The molecule has 1 atom stereocenters. The number of amides is 1. The number of carbonyl (C=O) groups excluding carboxylic acids is 1. The Balaban J connectivity index is 2.09. The van der Waals surface area contributed by atoms with Gasteiger partial charge in [0, 0.05) is 6.20 Å². The van der Waals surface area contributed by atoms with Crippen molar-refractivity contribution in [1.29, 1.82) is 0 Å². The fraction of sp³-hybridized carbons (Fsp3) is 0.214. The van der Waals surface area contributed by atoms with Gasteiger partial charge in [-0.3, -0.25) is 19.1 Å². The lowest BCUT2D eigenvalue weighted by molar-refractivity contribution is -0.122. The van der Waals surface area contributed by atoms with Gasteiger partial charge < -0.3 is 5.32 Å². The van der Waals surface area contributed by atoms with Gasteiger partial charge in [-0.1, -0.05) is 12.1 Å². The van der Waals surface area contributed by atoms with E-state index in [1.807, 2.05) is 0 Å². The maximum absolute atomic E-state index is 12.1. The van der Waals surface area contributed by atoms with Gasteiger partial charge in [0.2, 0.25) is 15.9 Å². The van der Waals surface area contributed by atoms with Crippen molar-refractivity contribution in [1.82, 2.24) is 14.9 Å². The summed E-state index contributed by atoms with van der Waals surface area (Å²) in [5, 5.41) is 7.71. The number of benzene rings is 1. The summed E-state index contributed by atoms with van der Waals surface area (Å²) in [4.78, 5) is 37.0. The molecule has 0 aliphatic carbocycles. The average Bonchev–Trinajstić information content (AvgIpc) is 2.51. The largest absolute Gasteiger partial charge is 0.348 e. The van der Waals surface area contributed by atoms with Crippen LogP contribution in [0.25, 0.3) is 0 Å². The summed E-state index contributed by atoms with van der Waals surface area (Å²) in [5.74, 6) is -0.455. The number of rotatable bonds is 5. The van der Waals surface area contributed by atoms with Crippen LogP contribution in [-0.2, 0) is 21.4 Å². The molecule has 0 spiro atoms. The maximum atomic E-state index is 12.1. The summed E-state index contributed by atoms with van der Waals surface area (Å²) in [6, 6.07) is 5.33. The van der Waals surface area contributed by atoms with Gasteiger partial charge >= 0.3 is 5.69 Å². The van der Waals surface area contributed by atoms with Crippen molar-refractivity contribution >= 4 is 31.9 Å². The number of nitrogens with two attached hydrogens (primary N) is 1. The van der Waals surface area contributed by atoms with E-state index in [1.54, 1.807) is 6.92 Å². The summed E-state index contributed by atoms with van der Waals surface area (Å²) in [5.41, 5.74) is -0.616. The number of carbonyl (C=O) groups is 1. The molecule has 0 radical (unpaired) electrons. The first-order valence-electron chi connectivity index (χ1n) is 6.99. The molecule has 0 unspecified atom stereocenters. The van der Waals surface area contributed by atoms with Crippen LogP contribution in [-0.4, -0.2) is 23.9 Å². The minimum Gasteiger partial charge on any atom is -0.348 e. The van der Waals surface area contributed by atoms with Gasteiger partial charge in [-0.25, -0.2) is 18.4 Å². The van der Waals surface area contributed by atoms with Gasteiger partial charge in [0.25, 0.3) is 5.56 Å². The van der Waals surface area contributed by atoms with Gasteiger partial charge in [0.1, 0.15) is 6.54 Å². The van der Waals surface area contributed by atoms with E-state index in [9.17, 15) is 22.8 Å². The van der Waals surface area contributed by atoms with E-state index in [2.05, 4.69) is 26.2 Å². The standard InChI is InChI=1S/C14H15BrN4O5S/c1-8(9-2-4-10(5-3-9)25(16,23)24)17-12(20)7-19-6-11(15)13(21)18-14(19)22/h2-6,8H,7H2,1H3,(H,17,20)(H2,16,23,24)(H,18,21,22)/t8-/m0/s1. The van der Waals surface area contributed by atoms with Crippen molar-refractivity contribution in [3.8, 4) is 0 Å². The number of aromatic amines is 1. The highest BCUT2D eigenvalue weighted by Crippen LogP contribution is 2.15. The molecular formula is C14H15BrN4O5S. The molecule has 9 nitrogen and oxygen atoms in total. The number of aromatic nitrogens is 2. The SMILES string of the molecule is C[C@H](NC(=O)Cn1cc(Br)c(=O)[nH]c1=O)c1ccc(S(N)(=O)=O)cc1. The second-order valence-electron chi connectivity index (χ2n) is 5.27. The third kappa shape index (κ3) is 4.87. The molecule has 1 aromatic carbocycles. The van der Waals surface area contributed by atoms with Crippen molar-refractivity contribution in [3.63, 3.8) is 0 Å². The van der Waals surface area contributed by atoms with E-state index in [1.165, 1.54) is 30.5 Å². The van der Waals surface area contributed by atoms with Gasteiger partial charge in [0.05, 0.1) is 15.4 Å². The first-order valence-corrected chi connectivity index (χ1v) is 9.33. The Hall–Kier alpha value is -2.24. The zero-order chi connectivity index (χ0) is 18.8. The molecular weight excluding hydrogens is 416 g/mol. The minimum absolute atomic E-state index is 0.0283. The lowest BCUT2D eigenvalue weighted by Gasteiger charge is -2.15. The van der Waals surface area contributed by atoms with Crippen LogP contribution in [0.3, 0.4) is 0 Å². The second-order valence-corrected chi connectivity index (χ2v) is 7.68. The molecule has 4 N–H and O–H groups in total. The number of H-pyrrole nitrogens is 1. The fourth-order valence-corrected chi connectivity index (χ4v) is 2.93. The highest BCUT2D eigenvalue weighted by Gasteiger charge is 2.13. The van der Waals surface area contributed by atoms with E-state index in [0.29, 0.717) is 5.56 Å². The van der Waals surface area contributed by atoms with Crippen LogP contribution in [0.2, 0.25) is 0 Å². The topological polar surface area (TPSA) is 144 Å². The van der Waals surface area contributed by atoms with E-state index in [0.717, 1.165) is 4.57 Å². The molecule has 2 rings (SSSR count). The first-order chi connectivity index (χ1) is 11.6. The molecule has 0 saturated heterocycles. The Morgan fingerprint density at radius 1 is 1.32 bits per heavy atom. The highest BCUT2D eigenvalue weighted by atomic mass is 79.9. The number of primary sulfonamides is 1. The third-order valence-corrected chi connectivity index (χ3v) is 4.86. The Morgan fingerprint density at radius 3 is 2.48 bits per heavy atom. The third-order valence-electron chi connectivity index (χ3n) is 3.37. The monoisotopic (exact) mass is 430 g/mol. The van der Waals surface area contributed by atoms with E-state index in [-0.39, 0.29) is 15.9 Å². The van der Waals surface area contributed by atoms with Crippen LogP contribution in [0.5, 0.6) is 0 Å². The van der Waals surface area contributed by atoms with E-state index in [4.69, 9.17) is 5.14 Å². The van der Waals surface area contributed by atoms with Crippen LogP contribution < -0.4 is 21.7 Å². The normalized spacial score (nSPS) is 12.6. The molecule has 11 heteroatoms. The lowest BCUT2D eigenvalue weighted by atomic mass is 10.1. The highest BCUT2D eigenvalue weighted by molar-refractivity contribution is 9.10. The van der Waals surface area contributed by atoms with Crippen LogP contribution in [0, 0.1) is 0 Å². The molecule has 0 saturated carbocycles. The Morgan fingerprint density at radius 2 is 1.92 bits per heavy atom. The van der Waals surface area contributed by atoms with Gasteiger partial charge in [-0.05, 0) is 40.5 Å². The number of hydrogen-bond acceptors (Lipinski definition) is 5. The van der Waals surface area contributed by atoms with Crippen LogP contribution in [0.15, 0.2) is 49.4 Å². The van der Waals surface area contributed by atoms with Crippen molar-refractivity contribution in [2.45, 2.75) is 24.4 Å².